The van der Waals surface area contributed by atoms with Gasteiger partial charge in [0.15, 0.2) is 0 Å². The molecule has 0 N–H and O–H groups in total. The van der Waals surface area contributed by atoms with E-state index in [2.05, 4.69) is 31.9 Å². The third-order valence-corrected chi connectivity index (χ3v) is 7.65. The zero-order valence-corrected chi connectivity index (χ0v) is 24.1. The van der Waals surface area contributed by atoms with Crippen LogP contribution in [0.15, 0.2) is 130 Å². The highest BCUT2D eigenvalue weighted by molar-refractivity contribution is 9.10. The lowest BCUT2D eigenvalue weighted by molar-refractivity contribution is 0.0723. The molecule has 194 valence electrons. The normalized spacial score (nSPS) is 10.9. The summed E-state index contributed by atoms with van der Waals surface area (Å²) in [6.07, 6.45) is 0. The van der Waals surface area contributed by atoms with Gasteiger partial charge >= 0.3 is 11.9 Å². The molecular weight excluding hydrogens is 632 g/mol. The predicted molar refractivity (Wildman–Crippen MR) is 165 cm³/mol. The van der Waals surface area contributed by atoms with E-state index in [-0.39, 0.29) is 0 Å². The topological polar surface area (TPSA) is 52.6 Å². The molecule has 0 saturated heterocycles. The number of hydrogen-bond acceptors (Lipinski definition) is 4. The molecule has 6 rings (SSSR count). The minimum atomic E-state index is -0.488. The minimum absolute atomic E-state index is 0.365. The Bertz CT molecular complexity index is 1750. The minimum Gasteiger partial charge on any atom is -0.422 e. The lowest BCUT2D eigenvalue weighted by Crippen LogP contribution is -2.11. The van der Waals surface area contributed by atoms with Crippen LogP contribution in [0.2, 0.25) is 0 Å². The SMILES string of the molecule is O=C(Oc1ccc2ccccc2c1-c1c(OC(=O)c2ccc(Br)cc2)ccc2ccccc12)c1ccc(Br)cc1. The summed E-state index contributed by atoms with van der Waals surface area (Å²) in [5.74, 6) is -0.247. The average Bonchev–Trinajstić information content (AvgIpc) is 2.98. The van der Waals surface area contributed by atoms with Crippen LogP contribution in [0.25, 0.3) is 32.7 Å². The lowest BCUT2D eigenvalue weighted by atomic mass is 9.92. The summed E-state index contributed by atoms with van der Waals surface area (Å²) in [5.41, 5.74) is 2.17. The molecule has 0 atom stereocenters. The van der Waals surface area contributed by atoms with Gasteiger partial charge in [-0.15, -0.1) is 0 Å². The van der Waals surface area contributed by atoms with E-state index in [1.807, 2.05) is 60.7 Å². The van der Waals surface area contributed by atoms with Crippen molar-refractivity contribution < 1.29 is 19.1 Å². The van der Waals surface area contributed by atoms with Gasteiger partial charge in [-0.2, -0.15) is 0 Å². The van der Waals surface area contributed by atoms with Crippen LogP contribution >= 0.6 is 31.9 Å². The van der Waals surface area contributed by atoms with E-state index in [1.54, 1.807) is 60.7 Å². The first kappa shape index (κ1) is 26.0. The second-order valence-corrected chi connectivity index (χ2v) is 10.9. The molecule has 40 heavy (non-hydrogen) atoms. The lowest BCUT2D eigenvalue weighted by Gasteiger charge is -2.18. The fourth-order valence-corrected chi connectivity index (χ4v) is 5.21. The summed E-state index contributed by atoms with van der Waals surface area (Å²) in [7, 11) is 0. The van der Waals surface area contributed by atoms with Crippen molar-refractivity contribution in [1.82, 2.24) is 0 Å². The molecule has 0 aliphatic heterocycles. The number of hydrogen-bond donors (Lipinski definition) is 0. The van der Waals surface area contributed by atoms with Gasteiger partial charge in [0, 0.05) is 20.1 Å². The molecule has 0 aliphatic rings. The number of esters is 2. The number of fused-ring (bicyclic) bond motifs is 2. The summed E-state index contributed by atoms with van der Waals surface area (Å²) in [6.45, 7) is 0. The first-order valence-corrected chi connectivity index (χ1v) is 14.1. The van der Waals surface area contributed by atoms with Crippen molar-refractivity contribution in [2.45, 2.75) is 0 Å². The number of benzene rings is 6. The van der Waals surface area contributed by atoms with E-state index < -0.39 is 11.9 Å². The zero-order valence-electron chi connectivity index (χ0n) is 20.9. The van der Waals surface area contributed by atoms with Crippen molar-refractivity contribution in [3.05, 3.63) is 141 Å². The Balaban J connectivity index is 1.55. The Morgan fingerprint density at radius 1 is 0.450 bits per heavy atom. The van der Waals surface area contributed by atoms with Crippen LogP contribution < -0.4 is 9.47 Å². The molecule has 0 aromatic heterocycles. The molecule has 0 heterocycles. The first-order valence-electron chi connectivity index (χ1n) is 12.5. The second-order valence-electron chi connectivity index (χ2n) is 9.11. The summed E-state index contributed by atoms with van der Waals surface area (Å²) in [6, 6.07) is 37.1. The molecular formula is C34H20Br2O4. The number of carbonyl (C=O) groups excluding carboxylic acids is 2. The summed E-state index contributed by atoms with van der Waals surface area (Å²) < 4.78 is 13.8. The van der Waals surface area contributed by atoms with Gasteiger partial charge in [0.2, 0.25) is 0 Å². The smallest absolute Gasteiger partial charge is 0.343 e. The van der Waals surface area contributed by atoms with E-state index >= 15 is 0 Å². The van der Waals surface area contributed by atoms with Gasteiger partial charge in [-0.25, -0.2) is 9.59 Å². The summed E-state index contributed by atoms with van der Waals surface area (Å²) >= 11 is 6.81. The van der Waals surface area contributed by atoms with Gasteiger partial charge in [-0.05, 0) is 82.2 Å². The van der Waals surface area contributed by atoms with Crippen LogP contribution in [0.3, 0.4) is 0 Å². The zero-order chi connectivity index (χ0) is 27.6. The fraction of sp³-hybridized carbons (Fsp3) is 0. The molecule has 0 fully saturated rings. The maximum absolute atomic E-state index is 13.3. The monoisotopic (exact) mass is 650 g/mol. The average molecular weight is 652 g/mol. The summed E-state index contributed by atoms with van der Waals surface area (Å²) in [4.78, 5) is 26.5. The Morgan fingerprint density at radius 2 is 0.825 bits per heavy atom. The van der Waals surface area contributed by atoms with Crippen LogP contribution in [0, 0.1) is 0 Å². The maximum atomic E-state index is 13.3. The summed E-state index contributed by atoms with van der Waals surface area (Å²) in [5, 5.41) is 3.64. The fourth-order valence-electron chi connectivity index (χ4n) is 4.68. The molecule has 0 radical (unpaired) electrons. The van der Waals surface area contributed by atoms with Crippen LogP contribution in [0.5, 0.6) is 11.5 Å². The molecule has 0 saturated carbocycles. The number of ether oxygens (including phenoxy) is 2. The van der Waals surface area contributed by atoms with E-state index in [9.17, 15) is 9.59 Å². The van der Waals surface area contributed by atoms with Crippen molar-refractivity contribution in [2.75, 3.05) is 0 Å². The molecule has 0 bridgehead atoms. The van der Waals surface area contributed by atoms with Gasteiger partial charge in [0.05, 0.1) is 11.1 Å². The number of carbonyl (C=O) groups is 2. The van der Waals surface area contributed by atoms with Gasteiger partial charge in [-0.3, -0.25) is 0 Å². The molecule has 6 aromatic rings. The van der Waals surface area contributed by atoms with Crippen LogP contribution in [-0.4, -0.2) is 11.9 Å². The number of rotatable bonds is 5. The molecule has 0 unspecified atom stereocenters. The molecule has 6 heteroatoms. The van der Waals surface area contributed by atoms with Gasteiger partial charge < -0.3 is 9.47 Å². The Kier molecular flexibility index (Phi) is 7.20. The van der Waals surface area contributed by atoms with Crippen LogP contribution in [0.4, 0.5) is 0 Å². The highest BCUT2D eigenvalue weighted by Gasteiger charge is 2.22. The largest absolute Gasteiger partial charge is 0.422 e. The van der Waals surface area contributed by atoms with Crippen molar-refractivity contribution in [2.24, 2.45) is 0 Å². The van der Waals surface area contributed by atoms with Gasteiger partial charge in [0.25, 0.3) is 0 Å². The van der Waals surface area contributed by atoms with Crippen molar-refractivity contribution in [1.29, 1.82) is 0 Å². The van der Waals surface area contributed by atoms with Gasteiger partial charge in [-0.1, -0.05) is 92.5 Å². The van der Waals surface area contributed by atoms with Gasteiger partial charge in [0.1, 0.15) is 11.5 Å². The highest BCUT2D eigenvalue weighted by atomic mass is 79.9. The van der Waals surface area contributed by atoms with Crippen molar-refractivity contribution in [3.8, 4) is 22.6 Å². The highest BCUT2D eigenvalue weighted by Crippen LogP contribution is 2.46. The Morgan fingerprint density at radius 3 is 1.23 bits per heavy atom. The molecule has 0 aliphatic carbocycles. The number of halogens is 2. The third-order valence-electron chi connectivity index (χ3n) is 6.60. The first-order chi connectivity index (χ1) is 19.5. The van der Waals surface area contributed by atoms with Crippen LogP contribution in [-0.2, 0) is 0 Å². The molecule has 0 amide bonds. The quantitative estimate of drug-likeness (QED) is 0.138. The third kappa shape index (κ3) is 5.16. The molecule has 0 spiro atoms. The van der Waals surface area contributed by atoms with Crippen molar-refractivity contribution in [3.63, 3.8) is 0 Å². The van der Waals surface area contributed by atoms with E-state index in [0.29, 0.717) is 33.8 Å². The van der Waals surface area contributed by atoms with Crippen molar-refractivity contribution >= 4 is 65.3 Å². The maximum Gasteiger partial charge on any atom is 0.343 e. The molecule has 4 nitrogen and oxygen atoms in total. The second kappa shape index (κ2) is 11.1. The van der Waals surface area contributed by atoms with E-state index in [1.165, 1.54) is 0 Å². The Labute approximate surface area is 247 Å². The Hall–Kier alpha value is -4.26. The molecule has 6 aromatic carbocycles. The van der Waals surface area contributed by atoms with Crippen LogP contribution in [0.1, 0.15) is 20.7 Å². The standard InChI is InChI=1S/C34H20Br2O4/c35-25-15-9-23(10-16-25)33(37)39-29-19-13-21-5-1-3-7-27(21)31(29)32-28-8-4-2-6-22(28)14-20-30(32)40-34(38)24-11-17-26(36)18-12-24/h1-20H. The van der Waals surface area contributed by atoms with E-state index in [0.717, 1.165) is 30.5 Å². The van der Waals surface area contributed by atoms with E-state index in [4.69, 9.17) is 9.47 Å². The predicted octanol–water partition coefficient (Wildman–Crippen LogP) is 9.62.